The molecule has 22 heavy (non-hydrogen) atoms. The molecule has 114 valence electrons. The molecule has 5 heteroatoms. The molecule has 2 aromatic heterocycles. The van der Waals surface area contributed by atoms with Gasteiger partial charge in [0.2, 0.25) is 0 Å². The SMILES string of the molecule is COc1cccc2c(NCc3c(C)noc3C)c(C)cnc12. The van der Waals surface area contributed by atoms with E-state index in [1.165, 1.54) is 0 Å². The lowest BCUT2D eigenvalue weighted by Gasteiger charge is -2.14. The number of pyridine rings is 1. The topological polar surface area (TPSA) is 60.2 Å². The van der Waals surface area contributed by atoms with Gasteiger partial charge in [0.05, 0.1) is 12.8 Å². The van der Waals surface area contributed by atoms with Gasteiger partial charge in [-0.3, -0.25) is 4.98 Å². The molecule has 2 heterocycles. The predicted octanol–water partition coefficient (Wildman–Crippen LogP) is 3.77. The first kappa shape index (κ1) is 14.4. The first-order valence-electron chi connectivity index (χ1n) is 7.19. The molecule has 0 unspecified atom stereocenters. The highest BCUT2D eigenvalue weighted by atomic mass is 16.5. The summed E-state index contributed by atoms with van der Waals surface area (Å²) in [4.78, 5) is 4.50. The van der Waals surface area contributed by atoms with Gasteiger partial charge in [0, 0.05) is 29.4 Å². The Balaban J connectivity index is 2.01. The van der Waals surface area contributed by atoms with Crippen molar-refractivity contribution < 1.29 is 9.26 Å². The largest absolute Gasteiger partial charge is 0.494 e. The van der Waals surface area contributed by atoms with Crippen LogP contribution in [-0.4, -0.2) is 17.3 Å². The number of aryl methyl sites for hydroxylation is 3. The maximum absolute atomic E-state index is 5.40. The standard InChI is InChI=1S/C17H19N3O2/c1-10-8-18-17-13(6-5-7-15(17)21-4)16(10)19-9-14-11(2)20-22-12(14)3/h5-8H,9H2,1-4H3,(H,18,19). The van der Waals surface area contributed by atoms with Crippen LogP contribution in [0.2, 0.25) is 0 Å². The lowest BCUT2D eigenvalue weighted by atomic mass is 10.1. The lowest BCUT2D eigenvalue weighted by molar-refractivity contribution is 0.392. The van der Waals surface area contributed by atoms with Gasteiger partial charge in [0.1, 0.15) is 17.0 Å². The number of hydrogen-bond acceptors (Lipinski definition) is 5. The van der Waals surface area contributed by atoms with E-state index < -0.39 is 0 Å². The summed E-state index contributed by atoms with van der Waals surface area (Å²) in [5, 5.41) is 8.54. The zero-order valence-corrected chi connectivity index (χ0v) is 13.2. The van der Waals surface area contributed by atoms with Crippen LogP contribution in [0.25, 0.3) is 10.9 Å². The highest BCUT2D eigenvalue weighted by molar-refractivity contribution is 5.96. The Bertz CT molecular complexity index is 805. The van der Waals surface area contributed by atoms with Crippen LogP contribution in [0.4, 0.5) is 5.69 Å². The van der Waals surface area contributed by atoms with Gasteiger partial charge in [-0.25, -0.2) is 0 Å². The van der Waals surface area contributed by atoms with Crippen molar-refractivity contribution in [3.8, 4) is 5.75 Å². The van der Waals surface area contributed by atoms with Gasteiger partial charge in [0.25, 0.3) is 0 Å². The van der Waals surface area contributed by atoms with Crippen molar-refractivity contribution in [2.45, 2.75) is 27.3 Å². The molecule has 1 N–H and O–H groups in total. The van der Waals surface area contributed by atoms with Crippen LogP contribution >= 0.6 is 0 Å². The van der Waals surface area contributed by atoms with E-state index in [2.05, 4.69) is 15.5 Å². The maximum atomic E-state index is 5.40. The molecule has 0 atom stereocenters. The number of hydrogen-bond donors (Lipinski definition) is 1. The number of fused-ring (bicyclic) bond motifs is 1. The van der Waals surface area contributed by atoms with E-state index in [-0.39, 0.29) is 0 Å². The molecule has 0 aliphatic rings. The third kappa shape index (κ3) is 2.39. The van der Waals surface area contributed by atoms with Crippen LogP contribution in [-0.2, 0) is 6.54 Å². The van der Waals surface area contributed by atoms with Crippen molar-refractivity contribution in [3.63, 3.8) is 0 Å². The van der Waals surface area contributed by atoms with Gasteiger partial charge in [-0.1, -0.05) is 17.3 Å². The third-order valence-corrected chi connectivity index (χ3v) is 3.89. The molecule has 0 saturated heterocycles. The summed E-state index contributed by atoms with van der Waals surface area (Å²) in [5.74, 6) is 1.62. The molecule has 1 aromatic carbocycles. The zero-order chi connectivity index (χ0) is 15.7. The van der Waals surface area contributed by atoms with Crippen molar-refractivity contribution in [2.24, 2.45) is 0 Å². The molecular weight excluding hydrogens is 278 g/mol. The summed E-state index contributed by atoms with van der Waals surface area (Å²) in [7, 11) is 1.66. The molecule has 0 bridgehead atoms. The number of aromatic nitrogens is 2. The fourth-order valence-electron chi connectivity index (χ4n) is 2.63. The number of anilines is 1. The fraction of sp³-hybridized carbons (Fsp3) is 0.294. The molecular formula is C17H19N3O2. The van der Waals surface area contributed by atoms with E-state index in [1.54, 1.807) is 7.11 Å². The molecule has 5 nitrogen and oxygen atoms in total. The van der Waals surface area contributed by atoms with Crippen molar-refractivity contribution in [2.75, 3.05) is 12.4 Å². The molecule has 3 rings (SSSR count). The summed E-state index contributed by atoms with van der Waals surface area (Å²) in [6.07, 6.45) is 1.86. The first-order chi connectivity index (χ1) is 10.6. The summed E-state index contributed by atoms with van der Waals surface area (Å²) < 4.78 is 10.6. The van der Waals surface area contributed by atoms with Crippen LogP contribution in [0.3, 0.4) is 0 Å². The second-order valence-corrected chi connectivity index (χ2v) is 5.33. The van der Waals surface area contributed by atoms with Crippen LogP contribution in [0, 0.1) is 20.8 Å². The number of rotatable bonds is 4. The highest BCUT2D eigenvalue weighted by Crippen LogP contribution is 2.31. The van der Waals surface area contributed by atoms with E-state index in [1.807, 2.05) is 45.2 Å². The number of nitrogens with zero attached hydrogens (tertiary/aromatic N) is 2. The summed E-state index contributed by atoms with van der Waals surface area (Å²) in [6.45, 7) is 6.59. The number of benzene rings is 1. The Morgan fingerprint density at radius 3 is 2.73 bits per heavy atom. The van der Waals surface area contributed by atoms with Crippen molar-refractivity contribution >= 4 is 16.6 Å². The van der Waals surface area contributed by atoms with Gasteiger partial charge in [-0.2, -0.15) is 0 Å². The molecule has 0 aliphatic heterocycles. The molecule has 0 saturated carbocycles. The van der Waals surface area contributed by atoms with Gasteiger partial charge in [-0.15, -0.1) is 0 Å². The summed E-state index contributed by atoms with van der Waals surface area (Å²) >= 11 is 0. The smallest absolute Gasteiger partial charge is 0.145 e. The van der Waals surface area contributed by atoms with Crippen LogP contribution in [0.5, 0.6) is 5.75 Å². The average molecular weight is 297 g/mol. The number of methoxy groups -OCH3 is 1. The minimum absolute atomic E-state index is 0.665. The van der Waals surface area contributed by atoms with Crippen LogP contribution < -0.4 is 10.1 Å². The number of para-hydroxylation sites is 1. The van der Waals surface area contributed by atoms with Crippen molar-refractivity contribution in [3.05, 3.63) is 47.0 Å². The first-order valence-corrected chi connectivity index (χ1v) is 7.19. The second kappa shape index (κ2) is 5.67. The van der Waals surface area contributed by atoms with E-state index in [0.717, 1.165) is 44.9 Å². The van der Waals surface area contributed by atoms with E-state index in [9.17, 15) is 0 Å². The molecule has 0 spiro atoms. The van der Waals surface area contributed by atoms with Gasteiger partial charge in [0.15, 0.2) is 0 Å². The Kier molecular flexibility index (Phi) is 3.71. The second-order valence-electron chi connectivity index (χ2n) is 5.33. The van der Waals surface area contributed by atoms with Crippen molar-refractivity contribution in [1.29, 1.82) is 0 Å². The Morgan fingerprint density at radius 1 is 1.23 bits per heavy atom. The Hall–Kier alpha value is -2.56. The monoisotopic (exact) mass is 297 g/mol. The molecule has 0 fully saturated rings. The third-order valence-electron chi connectivity index (χ3n) is 3.89. The van der Waals surface area contributed by atoms with Gasteiger partial charge >= 0.3 is 0 Å². The van der Waals surface area contributed by atoms with Crippen molar-refractivity contribution in [1.82, 2.24) is 10.1 Å². The number of nitrogens with one attached hydrogen (secondary N) is 1. The number of ether oxygens (including phenoxy) is 1. The van der Waals surface area contributed by atoms with E-state index in [4.69, 9.17) is 9.26 Å². The highest BCUT2D eigenvalue weighted by Gasteiger charge is 2.12. The minimum atomic E-state index is 0.665. The lowest BCUT2D eigenvalue weighted by Crippen LogP contribution is -2.04. The molecule has 0 aliphatic carbocycles. The Labute approximate surface area is 129 Å². The molecule has 3 aromatic rings. The van der Waals surface area contributed by atoms with E-state index in [0.29, 0.717) is 6.54 Å². The van der Waals surface area contributed by atoms with Gasteiger partial charge in [-0.05, 0) is 32.4 Å². The summed E-state index contributed by atoms with van der Waals surface area (Å²) in [5.41, 5.74) is 5.01. The predicted molar refractivity (Wildman–Crippen MR) is 86.3 cm³/mol. The van der Waals surface area contributed by atoms with E-state index >= 15 is 0 Å². The zero-order valence-electron chi connectivity index (χ0n) is 13.2. The molecule has 0 amide bonds. The quantitative estimate of drug-likeness (QED) is 0.794. The Morgan fingerprint density at radius 2 is 2.05 bits per heavy atom. The fourth-order valence-corrected chi connectivity index (χ4v) is 2.63. The average Bonchev–Trinajstić information content (AvgIpc) is 2.84. The minimum Gasteiger partial charge on any atom is -0.494 e. The maximum Gasteiger partial charge on any atom is 0.145 e. The van der Waals surface area contributed by atoms with Gasteiger partial charge < -0.3 is 14.6 Å². The van der Waals surface area contributed by atoms with Crippen LogP contribution in [0.1, 0.15) is 22.6 Å². The molecule has 0 radical (unpaired) electrons. The summed E-state index contributed by atoms with van der Waals surface area (Å²) in [6, 6.07) is 5.94. The van der Waals surface area contributed by atoms with Crippen LogP contribution in [0.15, 0.2) is 28.9 Å². The normalized spacial score (nSPS) is 10.9.